The molecular formula is C23H24N2O5. The Balaban J connectivity index is 2.05. The average molecular weight is 408 g/mol. The number of hydrogen-bond acceptors (Lipinski definition) is 6. The highest BCUT2D eigenvalue weighted by Gasteiger charge is 2.20. The van der Waals surface area contributed by atoms with E-state index >= 15 is 0 Å². The quantitative estimate of drug-likeness (QED) is 0.458. The van der Waals surface area contributed by atoms with Crippen LogP contribution in [0.25, 0.3) is 10.9 Å². The van der Waals surface area contributed by atoms with Crippen LogP contribution in [0.3, 0.4) is 0 Å². The summed E-state index contributed by atoms with van der Waals surface area (Å²) in [6, 6.07) is 11.4. The molecule has 0 unspecified atom stereocenters. The van der Waals surface area contributed by atoms with Gasteiger partial charge in [0.2, 0.25) is 5.91 Å². The van der Waals surface area contributed by atoms with Crippen LogP contribution in [0.15, 0.2) is 42.6 Å². The summed E-state index contributed by atoms with van der Waals surface area (Å²) < 4.78 is 9.69. The highest BCUT2D eigenvalue weighted by Crippen LogP contribution is 2.34. The fourth-order valence-electron chi connectivity index (χ4n) is 3.13. The standard InChI is InChI=1S/C23H24N2O5/c1-14-4-6-15(7-5-14)10-16-11-17-19(25-20(26)8-9-29-2)12-18(23(28)30-3)22(27)21(17)24-13-16/h4-7,11-13,27H,8-10H2,1-3H3,(H,25,26). The molecule has 7 heteroatoms. The monoisotopic (exact) mass is 408 g/mol. The van der Waals surface area contributed by atoms with Crippen LogP contribution in [-0.4, -0.2) is 42.8 Å². The minimum absolute atomic E-state index is 0.0640. The number of nitrogens with zero attached hydrogens (tertiary/aromatic N) is 1. The molecule has 2 aromatic carbocycles. The maximum atomic E-state index is 12.3. The molecule has 156 valence electrons. The molecule has 0 aliphatic rings. The molecular weight excluding hydrogens is 384 g/mol. The van der Waals surface area contributed by atoms with Crippen LogP contribution in [0.5, 0.6) is 5.75 Å². The molecule has 1 aromatic heterocycles. The highest BCUT2D eigenvalue weighted by molar-refractivity contribution is 6.08. The maximum absolute atomic E-state index is 12.3. The number of benzene rings is 2. The van der Waals surface area contributed by atoms with Gasteiger partial charge in [0, 0.05) is 18.7 Å². The van der Waals surface area contributed by atoms with Crippen molar-refractivity contribution < 1.29 is 24.2 Å². The molecule has 0 radical (unpaired) electrons. The van der Waals surface area contributed by atoms with Crippen molar-refractivity contribution in [2.45, 2.75) is 19.8 Å². The summed E-state index contributed by atoms with van der Waals surface area (Å²) in [5.74, 6) is -1.27. The van der Waals surface area contributed by atoms with Gasteiger partial charge < -0.3 is 19.9 Å². The molecule has 0 spiro atoms. The van der Waals surface area contributed by atoms with Gasteiger partial charge in [-0.1, -0.05) is 29.8 Å². The van der Waals surface area contributed by atoms with E-state index in [0.717, 1.165) is 11.1 Å². The first-order chi connectivity index (χ1) is 14.4. The summed E-state index contributed by atoms with van der Waals surface area (Å²) in [6.07, 6.45) is 2.45. The van der Waals surface area contributed by atoms with Crippen LogP contribution in [0, 0.1) is 6.92 Å². The van der Waals surface area contributed by atoms with E-state index in [9.17, 15) is 14.7 Å². The molecule has 0 bridgehead atoms. The lowest BCUT2D eigenvalue weighted by atomic mass is 10.0. The lowest BCUT2D eigenvalue weighted by molar-refractivity contribution is -0.117. The number of aryl methyl sites for hydroxylation is 1. The van der Waals surface area contributed by atoms with Gasteiger partial charge in [-0.2, -0.15) is 0 Å². The van der Waals surface area contributed by atoms with E-state index < -0.39 is 5.97 Å². The topological polar surface area (TPSA) is 97.8 Å². The largest absolute Gasteiger partial charge is 0.505 e. The molecule has 3 aromatic rings. The Morgan fingerprint density at radius 1 is 1.10 bits per heavy atom. The molecule has 0 saturated carbocycles. The smallest absolute Gasteiger partial charge is 0.341 e. The van der Waals surface area contributed by atoms with Crippen LogP contribution in [0.1, 0.15) is 33.5 Å². The van der Waals surface area contributed by atoms with Gasteiger partial charge in [0.05, 0.1) is 25.8 Å². The zero-order valence-electron chi connectivity index (χ0n) is 17.2. The summed E-state index contributed by atoms with van der Waals surface area (Å²) in [6.45, 7) is 2.30. The van der Waals surface area contributed by atoms with Crippen LogP contribution in [0.2, 0.25) is 0 Å². The number of fused-ring (bicyclic) bond motifs is 1. The number of phenolic OH excluding ortho intramolecular Hbond substituents is 1. The van der Waals surface area contributed by atoms with Crippen LogP contribution >= 0.6 is 0 Å². The van der Waals surface area contributed by atoms with E-state index in [1.165, 1.54) is 25.8 Å². The van der Waals surface area contributed by atoms with E-state index in [1.54, 1.807) is 6.20 Å². The second-order valence-corrected chi connectivity index (χ2v) is 7.00. The summed E-state index contributed by atoms with van der Waals surface area (Å²) in [5, 5.41) is 13.9. The first-order valence-electron chi connectivity index (χ1n) is 9.50. The average Bonchev–Trinajstić information content (AvgIpc) is 2.75. The number of pyridine rings is 1. The predicted octanol–water partition coefficient (Wildman–Crippen LogP) is 3.60. The predicted molar refractivity (Wildman–Crippen MR) is 114 cm³/mol. The van der Waals surface area contributed by atoms with Gasteiger partial charge in [-0.15, -0.1) is 0 Å². The number of aromatic hydroxyl groups is 1. The number of carbonyl (C=O) groups excluding carboxylic acids is 2. The molecule has 0 aliphatic carbocycles. The Morgan fingerprint density at radius 2 is 1.83 bits per heavy atom. The van der Waals surface area contributed by atoms with Gasteiger partial charge in [0.1, 0.15) is 11.1 Å². The minimum Gasteiger partial charge on any atom is -0.505 e. The zero-order valence-corrected chi connectivity index (χ0v) is 17.2. The zero-order chi connectivity index (χ0) is 21.7. The van der Waals surface area contributed by atoms with Crippen molar-refractivity contribution in [1.82, 2.24) is 4.98 Å². The molecule has 2 N–H and O–H groups in total. The van der Waals surface area contributed by atoms with Crippen molar-refractivity contribution >= 4 is 28.5 Å². The fourth-order valence-corrected chi connectivity index (χ4v) is 3.13. The van der Waals surface area contributed by atoms with Gasteiger partial charge in [-0.3, -0.25) is 9.78 Å². The molecule has 3 rings (SSSR count). The number of aromatic nitrogens is 1. The SMILES string of the molecule is COCCC(=O)Nc1cc(C(=O)OC)c(O)c2ncc(Cc3ccc(C)cc3)cc12. The lowest BCUT2D eigenvalue weighted by Crippen LogP contribution is -2.15. The second-order valence-electron chi connectivity index (χ2n) is 7.00. The van der Waals surface area contributed by atoms with E-state index in [2.05, 4.69) is 10.3 Å². The van der Waals surface area contributed by atoms with Crippen molar-refractivity contribution in [3.05, 3.63) is 64.8 Å². The van der Waals surface area contributed by atoms with Crippen LogP contribution in [-0.2, 0) is 20.7 Å². The number of esters is 1. The molecule has 0 aliphatic heterocycles. The van der Waals surface area contributed by atoms with Crippen molar-refractivity contribution in [2.24, 2.45) is 0 Å². The van der Waals surface area contributed by atoms with Crippen molar-refractivity contribution in [3.8, 4) is 5.75 Å². The Kier molecular flexibility index (Phi) is 6.64. The first-order valence-corrected chi connectivity index (χ1v) is 9.50. The summed E-state index contributed by atoms with van der Waals surface area (Å²) in [4.78, 5) is 28.7. The third kappa shape index (κ3) is 4.75. The third-order valence-corrected chi connectivity index (χ3v) is 4.74. The highest BCUT2D eigenvalue weighted by atomic mass is 16.5. The number of rotatable bonds is 7. The molecule has 0 saturated heterocycles. The number of hydrogen-bond donors (Lipinski definition) is 2. The van der Waals surface area contributed by atoms with E-state index in [0.29, 0.717) is 17.5 Å². The fraction of sp³-hybridized carbons (Fsp3) is 0.261. The van der Waals surface area contributed by atoms with Gasteiger partial charge in [0.15, 0.2) is 5.75 Å². The molecule has 1 heterocycles. The number of anilines is 1. The van der Waals surface area contributed by atoms with Gasteiger partial charge >= 0.3 is 5.97 Å². The van der Waals surface area contributed by atoms with Gasteiger partial charge in [0.25, 0.3) is 0 Å². The third-order valence-electron chi connectivity index (χ3n) is 4.74. The Labute approximate surface area is 174 Å². The Hall–Kier alpha value is -3.45. The molecule has 1 amide bonds. The molecule has 7 nitrogen and oxygen atoms in total. The van der Waals surface area contributed by atoms with Crippen LogP contribution in [0.4, 0.5) is 5.69 Å². The van der Waals surface area contributed by atoms with E-state index in [1.807, 2.05) is 37.3 Å². The first kappa shape index (κ1) is 21.3. The molecule has 0 fully saturated rings. The number of methoxy groups -OCH3 is 2. The number of phenols is 1. The number of nitrogens with one attached hydrogen (secondary N) is 1. The van der Waals surface area contributed by atoms with E-state index in [4.69, 9.17) is 9.47 Å². The van der Waals surface area contributed by atoms with Gasteiger partial charge in [-0.05, 0) is 36.6 Å². The number of carbonyl (C=O) groups is 2. The second kappa shape index (κ2) is 9.37. The minimum atomic E-state index is -0.715. The van der Waals surface area contributed by atoms with Gasteiger partial charge in [-0.25, -0.2) is 4.79 Å². The maximum Gasteiger partial charge on any atom is 0.341 e. The Morgan fingerprint density at radius 3 is 2.50 bits per heavy atom. The Bertz CT molecular complexity index is 1080. The van der Waals surface area contributed by atoms with Crippen molar-refractivity contribution in [3.63, 3.8) is 0 Å². The van der Waals surface area contributed by atoms with E-state index in [-0.39, 0.29) is 35.8 Å². The van der Waals surface area contributed by atoms with Crippen molar-refractivity contribution in [1.29, 1.82) is 0 Å². The number of amides is 1. The molecule has 30 heavy (non-hydrogen) atoms. The summed E-state index contributed by atoms with van der Waals surface area (Å²) in [7, 11) is 2.74. The normalized spacial score (nSPS) is 10.8. The van der Waals surface area contributed by atoms with Crippen LogP contribution < -0.4 is 5.32 Å². The summed E-state index contributed by atoms with van der Waals surface area (Å²) in [5.41, 5.74) is 3.73. The molecule has 0 atom stereocenters. The lowest BCUT2D eigenvalue weighted by Gasteiger charge is -2.14. The summed E-state index contributed by atoms with van der Waals surface area (Å²) >= 11 is 0. The van der Waals surface area contributed by atoms with Crippen molar-refractivity contribution in [2.75, 3.05) is 26.1 Å². The number of ether oxygens (including phenoxy) is 2.